The second-order valence-electron chi connectivity index (χ2n) is 5.75. The molecule has 0 aromatic heterocycles. The maximum Gasteiger partial charge on any atom is 0.266 e. The zero-order valence-electron chi connectivity index (χ0n) is 14.9. The summed E-state index contributed by atoms with van der Waals surface area (Å²) in [4.78, 5) is 14.5. The van der Waals surface area contributed by atoms with E-state index >= 15 is 0 Å². The smallest absolute Gasteiger partial charge is 0.266 e. The summed E-state index contributed by atoms with van der Waals surface area (Å²) in [5.74, 6) is 1.17. The highest BCUT2D eigenvalue weighted by Crippen LogP contribution is 2.34. The minimum atomic E-state index is -0.0606. The fraction of sp³-hybridized carbons (Fsp3) is 0.200. The number of thiocarbonyl (C=S) groups is 1. The van der Waals surface area contributed by atoms with Crippen LogP contribution in [-0.4, -0.2) is 28.8 Å². The van der Waals surface area contributed by atoms with Gasteiger partial charge in [-0.1, -0.05) is 53.8 Å². The molecule has 0 saturated carbocycles. The Morgan fingerprint density at radius 3 is 2.56 bits per heavy atom. The zero-order valence-corrected chi connectivity index (χ0v) is 17.3. The van der Waals surface area contributed by atoms with Gasteiger partial charge >= 0.3 is 0 Å². The molecular weight excluding hydrogens is 402 g/mol. The number of methoxy groups -OCH3 is 1. The van der Waals surface area contributed by atoms with Gasteiger partial charge in [0.1, 0.15) is 10.9 Å². The van der Waals surface area contributed by atoms with Crippen molar-refractivity contribution in [2.75, 3.05) is 13.7 Å². The SMILES string of the molecule is CCN1C(=O)/C(=C/c2ccc(OCc3ccc(Cl)cc3)c(OC)c2)SC1=S. The largest absolute Gasteiger partial charge is 0.493 e. The lowest BCUT2D eigenvalue weighted by molar-refractivity contribution is -0.121. The van der Waals surface area contributed by atoms with E-state index in [4.69, 9.17) is 33.3 Å². The van der Waals surface area contributed by atoms with Crippen molar-refractivity contribution in [3.63, 3.8) is 0 Å². The van der Waals surface area contributed by atoms with Gasteiger partial charge in [0.25, 0.3) is 5.91 Å². The van der Waals surface area contributed by atoms with Crippen molar-refractivity contribution in [3.8, 4) is 11.5 Å². The summed E-state index contributed by atoms with van der Waals surface area (Å²) in [5, 5.41) is 0.689. The Kier molecular flexibility index (Phi) is 6.42. The molecule has 1 amide bonds. The molecule has 2 aromatic rings. The van der Waals surface area contributed by atoms with Gasteiger partial charge in [0.15, 0.2) is 11.5 Å². The first-order valence-corrected chi connectivity index (χ1v) is 9.92. The minimum absolute atomic E-state index is 0.0606. The van der Waals surface area contributed by atoms with Gasteiger partial charge in [-0.25, -0.2) is 0 Å². The molecule has 1 fully saturated rings. The Bertz CT molecular complexity index is 897. The number of carbonyl (C=O) groups excluding carboxylic acids is 1. The van der Waals surface area contributed by atoms with Gasteiger partial charge in [-0.15, -0.1) is 0 Å². The van der Waals surface area contributed by atoms with Crippen LogP contribution in [0.5, 0.6) is 11.5 Å². The number of hydrogen-bond donors (Lipinski definition) is 0. The standard InChI is InChI=1S/C20H18ClNO3S2/c1-3-22-19(23)18(27-20(22)26)11-14-6-9-16(17(10-14)24-2)25-12-13-4-7-15(21)8-5-13/h4-11H,3,12H2,1-2H3/b18-11-. The molecular formula is C20H18ClNO3S2. The van der Waals surface area contributed by atoms with E-state index in [1.54, 1.807) is 12.0 Å². The maximum atomic E-state index is 12.3. The van der Waals surface area contributed by atoms with E-state index in [0.29, 0.717) is 38.9 Å². The Labute approximate surface area is 173 Å². The molecule has 3 rings (SSSR count). The highest BCUT2D eigenvalue weighted by Gasteiger charge is 2.30. The number of thioether (sulfide) groups is 1. The molecule has 0 N–H and O–H groups in total. The first-order valence-electron chi connectivity index (χ1n) is 8.32. The summed E-state index contributed by atoms with van der Waals surface area (Å²) >= 11 is 12.5. The van der Waals surface area contributed by atoms with E-state index < -0.39 is 0 Å². The van der Waals surface area contributed by atoms with Gasteiger partial charge in [-0.2, -0.15) is 0 Å². The summed E-state index contributed by atoms with van der Waals surface area (Å²) in [5.41, 5.74) is 1.86. The van der Waals surface area contributed by atoms with Gasteiger partial charge in [0.2, 0.25) is 0 Å². The van der Waals surface area contributed by atoms with E-state index in [1.807, 2.05) is 55.5 Å². The molecule has 0 unspecified atom stereocenters. The number of hydrogen-bond acceptors (Lipinski definition) is 5. The second kappa shape index (κ2) is 8.78. The average Bonchev–Trinajstić information content (AvgIpc) is 2.94. The second-order valence-corrected chi connectivity index (χ2v) is 7.86. The van der Waals surface area contributed by atoms with Crippen molar-refractivity contribution < 1.29 is 14.3 Å². The summed E-state index contributed by atoms with van der Waals surface area (Å²) < 4.78 is 11.9. The van der Waals surface area contributed by atoms with E-state index in [1.165, 1.54) is 11.8 Å². The first-order chi connectivity index (χ1) is 13.0. The van der Waals surface area contributed by atoms with Gasteiger partial charge in [0, 0.05) is 11.6 Å². The molecule has 0 aliphatic carbocycles. The molecule has 140 valence electrons. The maximum absolute atomic E-state index is 12.3. The van der Waals surface area contributed by atoms with Crippen LogP contribution in [0.2, 0.25) is 5.02 Å². The molecule has 0 bridgehead atoms. The van der Waals surface area contributed by atoms with Crippen molar-refractivity contribution >= 4 is 51.9 Å². The van der Waals surface area contributed by atoms with Gasteiger partial charge < -0.3 is 9.47 Å². The fourth-order valence-electron chi connectivity index (χ4n) is 2.56. The van der Waals surface area contributed by atoms with Crippen LogP contribution in [0.15, 0.2) is 47.4 Å². The van der Waals surface area contributed by atoms with Gasteiger partial charge in [-0.3, -0.25) is 9.69 Å². The van der Waals surface area contributed by atoms with Crippen LogP contribution < -0.4 is 9.47 Å². The Hall–Kier alpha value is -2.02. The summed E-state index contributed by atoms with van der Waals surface area (Å²) in [6.07, 6.45) is 1.82. The van der Waals surface area contributed by atoms with Crippen LogP contribution in [0.25, 0.3) is 6.08 Å². The number of likely N-dealkylation sites (N-methyl/N-ethyl adjacent to an activating group) is 1. The molecule has 1 aliphatic rings. The number of carbonyl (C=O) groups is 1. The van der Waals surface area contributed by atoms with E-state index in [9.17, 15) is 4.79 Å². The normalized spacial score (nSPS) is 15.5. The van der Waals surface area contributed by atoms with Crippen molar-refractivity contribution in [2.24, 2.45) is 0 Å². The lowest BCUT2D eigenvalue weighted by Gasteiger charge is -2.12. The van der Waals surface area contributed by atoms with E-state index in [2.05, 4.69) is 0 Å². The average molecular weight is 420 g/mol. The van der Waals surface area contributed by atoms with Gasteiger partial charge in [-0.05, 0) is 48.4 Å². The lowest BCUT2D eigenvalue weighted by atomic mass is 10.1. The van der Waals surface area contributed by atoms with E-state index in [0.717, 1.165) is 11.1 Å². The van der Waals surface area contributed by atoms with E-state index in [-0.39, 0.29) is 5.91 Å². The third-order valence-corrected chi connectivity index (χ3v) is 5.61. The molecule has 27 heavy (non-hydrogen) atoms. The van der Waals surface area contributed by atoms with Crippen LogP contribution in [-0.2, 0) is 11.4 Å². The van der Waals surface area contributed by atoms with Crippen LogP contribution >= 0.6 is 35.6 Å². The van der Waals surface area contributed by atoms with Crippen molar-refractivity contribution in [2.45, 2.75) is 13.5 Å². The number of halogens is 1. The highest BCUT2D eigenvalue weighted by atomic mass is 35.5. The van der Waals surface area contributed by atoms with Crippen LogP contribution in [0, 0.1) is 0 Å². The van der Waals surface area contributed by atoms with Crippen molar-refractivity contribution in [3.05, 3.63) is 63.5 Å². The van der Waals surface area contributed by atoms with Crippen molar-refractivity contribution in [1.82, 2.24) is 4.90 Å². The van der Waals surface area contributed by atoms with Crippen molar-refractivity contribution in [1.29, 1.82) is 0 Å². The quantitative estimate of drug-likeness (QED) is 0.478. The topological polar surface area (TPSA) is 38.8 Å². The number of benzene rings is 2. The number of amides is 1. The first kappa shape index (κ1) is 19.7. The predicted octanol–water partition coefficient (Wildman–Crippen LogP) is 5.15. The third kappa shape index (κ3) is 4.64. The fourth-order valence-corrected chi connectivity index (χ4v) is 4.07. The molecule has 2 aromatic carbocycles. The number of nitrogens with zero attached hydrogens (tertiary/aromatic N) is 1. The molecule has 4 nitrogen and oxygen atoms in total. The molecule has 7 heteroatoms. The van der Waals surface area contributed by atoms with Crippen LogP contribution in [0.1, 0.15) is 18.1 Å². The lowest BCUT2D eigenvalue weighted by Crippen LogP contribution is -2.27. The van der Waals surface area contributed by atoms with Crippen LogP contribution in [0.4, 0.5) is 0 Å². The molecule has 1 heterocycles. The Morgan fingerprint density at radius 2 is 1.93 bits per heavy atom. The molecule has 0 spiro atoms. The molecule has 1 saturated heterocycles. The zero-order chi connectivity index (χ0) is 19.4. The molecule has 1 aliphatic heterocycles. The Balaban J connectivity index is 1.76. The molecule has 0 atom stereocenters. The predicted molar refractivity (Wildman–Crippen MR) is 114 cm³/mol. The van der Waals surface area contributed by atoms with Gasteiger partial charge in [0.05, 0.1) is 12.0 Å². The summed E-state index contributed by atoms with van der Waals surface area (Å²) in [7, 11) is 1.59. The molecule has 0 radical (unpaired) electrons. The summed E-state index contributed by atoms with van der Waals surface area (Å²) in [6.45, 7) is 2.88. The number of ether oxygens (including phenoxy) is 2. The van der Waals surface area contributed by atoms with Crippen LogP contribution in [0.3, 0.4) is 0 Å². The minimum Gasteiger partial charge on any atom is -0.493 e. The third-order valence-electron chi connectivity index (χ3n) is 3.98. The monoisotopic (exact) mass is 419 g/mol. The highest BCUT2D eigenvalue weighted by molar-refractivity contribution is 8.26. The Morgan fingerprint density at radius 1 is 1.19 bits per heavy atom. The number of rotatable bonds is 6. The summed E-state index contributed by atoms with van der Waals surface area (Å²) in [6, 6.07) is 13.0.